The van der Waals surface area contributed by atoms with Crippen LogP contribution in [-0.2, 0) is 23.9 Å². The summed E-state index contributed by atoms with van der Waals surface area (Å²) >= 11 is 0. The zero-order valence-electron chi connectivity index (χ0n) is 28.7. The molecule has 256 valence electrons. The van der Waals surface area contributed by atoms with Gasteiger partial charge >= 0.3 is 11.9 Å². The van der Waals surface area contributed by atoms with Gasteiger partial charge in [0.1, 0.15) is 6.61 Å². The van der Waals surface area contributed by atoms with Crippen molar-refractivity contribution >= 4 is 17.7 Å². The highest BCUT2D eigenvalue weighted by Gasteiger charge is 2.16. The molecular weight excluding hydrogens is 552 g/mol. The van der Waals surface area contributed by atoms with E-state index in [2.05, 4.69) is 19.9 Å². The van der Waals surface area contributed by atoms with Gasteiger partial charge in [0.15, 0.2) is 11.9 Å². The van der Waals surface area contributed by atoms with Crippen LogP contribution in [0.3, 0.4) is 0 Å². The Labute approximate surface area is 270 Å². The Balaban J connectivity index is 3.65. The number of ketones is 1. The molecule has 0 aromatic carbocycles. The third-order valence-electron chi connectivity index (χ3n) is 7.97. The van der Waals surface area contributed by atoms with Gasteiger partial charge in [0.2, 0.25) is 0 Å². The van der Waals surface area contributed by atoms with E-state index in [-0.39, 0.29) is 37.4 Å². The molecule has 0 saturated carbocycles. The fourth-order valence-electron chi connectivity index (χ4n) is 5.12. The summed E-state index contributed by atoms with van der Waals surface area (Å²) in [4.78, 5) is 36.1. The number of unbranched alkanes of at least 4 members (excludes halogenated alkanes) is 20. The molecule has 0 amide bonds. The number of allylic oxidation sites excluding steroid dienone is 4. The van der Waals surface area contributed by atoms with Gasteiger partial charge in [-0.1, -0.05) is 148 Å². The van der Waals surface area contributed by atoms with Crippen LogP contribution in [0.15, 0.2) is 24.3 Å². The summed E-state index contributed by atoms with van der Waals surface area (Å²) in [5.74, 6) is -0.525. The molecule has 1 atom stereocenters. The maximum Gasteiger partial charge on any atom is 0.306 e. The molecule has 6 heteroatoms. The molecule has 0 aromatic heterocycles. The van der Waals surface area contributed by atoms with E-state index in [9.17, 15) is 19.5 Å². The van der Waals surface area contributed by atoms with Gasteiger partial charge < -0.3 is 14.6 Å². The number of ether oxygens (including phenoxy) is 2. The largest absolute Gasteiger partial charge is 0.462 e. The third kappa shape index (κ3) is 31.5. The predicted octanol–water partition coefficient (Wildman–Crippen LogP) is 10.3. The average Bonchev–Trinajstić information content (AvgIpc) is 3.02. The second-order valence-electron chi connectivity index (χ2n) is 12.3. The molecule has 0 saturated heterocycles. The molecule has 0 unspecified atom stereocenters. The zero-order chi connectivity index (χ0) is 32.4. The van der Waals surface area contributed by atoms with Gasteiger partial charge in [-0.2, -0.15) is 0 Å². The third-order valence-corrected chi connectivity index (χ3v) is 7.97. The van der Waals surface area contributed by atoms with E-state index in [1.165, 1.54) is 89.9 Å². The standard InChI is InChI=1S/C38H68O6/c1-3-5-7-9-11-12-13-14-15-16-17-19-23-27-31-37(41)43-34-36(33-39)44-38(42)32-28-24-20-22-26-30-35(40)29-25-21-18-10-8-6-4-2/h18,21,25,29,36,39H,3-17,19-20,22-24,26-28,30-34H2,1-2H3/b21-18-,29-25+/t36-/m0/s1. The first-order valence-electron chi connectivity index (χ1n) is 18.3. The van der Waals surface area contributed by atoms with Crippen LogP contribution in [0, 0.1) is 0 Å². The molecule has 0 radical (unpaired) electrons. The number of rotatable bonds is 33. The Morgan fingerprint density at radius 2 is 1.02 bits per heavy atom. The predicted molar refractivity (Wildman–Crippen MR) is 183 cm³/mol. The summed E-state index contributed by atoms with van der Waals surface area (Å²) in [6.07, 6.45) is 34.8. The molecule has 0 aliphatic rings. The normalized spacial score (nSPS) is 12.2. The lowest BCUT2D eigenvalue weighted by atomic mass is 10.0. The number of hydrogen-bond donors (Lipinski definition) is 1. The van der Waals surface area contributed by atoms with Crippen molar-refractivity contribution in [3.8, 4) is 0 Å². The van der Waals surface area contributed by atoms with Crippen molar-refractivity contribution in [3.63, 3.8) is 0 Å². The number of hydrogen-bond acceptors (Lipinski definition) is 6. The van der Waals surface area contributed by atoms with Crippen molar-refractivity contribution in [2.24, 2.45) is 0 Å². The van der Waals surface area contributed by atoms with Gasteiger partial charge in [0.25, 0.3) is 0 Å². The van der Waals surface area contributed by atoms with Gasteiger partial charge in [-0.3, -0.25) is 14.4 Å². The molecule has 0 aliphatic carbocycles. The van der Waals surface area contributed by atoms with Crippen LogP contribution in [0.25, 0.3) is 0 Å². The summed E-state index contributed by atoms with van der Waals surface area (Å²) < 4.78 is 10.5. The van der Waals surface area contributed by atoms with Crippen molar-refractivity contribution in [2.75, 3.05) is 13.2 Å². The Hall–Kier alpha value is -1.95. The van der Waals surface area contributed by atoms with Gasteiger partial charge in [-0.05, 0) is 38.2 Å². The summed E-state index contributed by atoms with van der Waals surface area (Å²) in [7, 11) is 0. The summed E-state index contributed by atoms with van der Waals surface area (Å²) in [6.45, 7) is 3.98. The molecule has 0 fully saturated rings. The minimum absolute atomic E-state index is 0.100. The molecule has 0 aromatic rings. The Kier molecular flexibility index (Phi) is 32.4. The van der Waals surface area contributed by atoms with Gasteiger partial charge in [0, 0.05) is 19.3 Å². The van der Waals surface area contributed by atoms with Gasteiger partial charge in [0.05, 0.1) is 6.61 Å². The molecule has 0 bridgehead atoms. The number of aliphatic hydroxyl groups excluding tert-OH is 1. The lowest BCUT2D eigenvalue weighted by molar-refractivity contribution is -0.161. The van der Waals surface area contributed by atoms with E-state index < -0.39 is 6.10 Å². The first-order chi connectivity index (χ1) is 21.5. The lowest BCUT2D eigenvalue weighted by Crippen LogP contribution is -2.28. The minimum Gasteiger partial charge on any atom is -0.462 e. The molecule has 6 nitrogen and oxygen atoms in total. The second-order valence-corrected chi connectivity index (χ2v) is 12.3. The van der Waals surface area contributed by atoms with Crippen molar-refractivity contribution in [2.45, 2.75) is 187 Å². The molecular formula is C38H68O6. The average molecular weight is 621 g/mol. The number of aliphatic hydroxyl groups is 1. The fraction of sp³-hybridized carbons (Fsp3) is 0.816. The first kappa shape index (κ1) is 42.0. The maximum absolute atomic E-state index is 12.1. The first-order valence-corrected chi connectivity index (χ1v) is 18.3. The van der Waals surface area contributed by atoms with Crippen LogP contribution in [-0.4, -0.2) is 42.1 Å². The molecule has 1 N–H and O–H groups in total. The van der Waals surface area contributed by atoms with Crippen LogP contribution in [0.5, 0.6) is 0 Å². The van der Waals surface area contributed by atoms with E-state index >= 15 is 0 Å². The highest BCUT2D eigenvalue weighted by atomic mass is 16.6. The van der Waals surface area contributed by atoms with Crippen molar-refractivity contribution < 1.29 is 29.0 Å². The van der Waals surface area contributed by atoms with E-state index in [0.29, 0.717) is 19.3 Å². The second kappa shape index (κ2) is 33.9. The zero-order valence-corrected chi connectivity index (χ0v) is 28.7. The molecule has 44 heavy (non-hydrogen) atoms. The highest BCUT2D eigenvalue weighted by Crippen LogP contribution is 2.14. The fourth-order valence-corrected chi connectivity index (χ4v) is 5.12. The monoisotopic (exact) mass is 621 g/mol. The number of carbonyl (C=O) groups excluding carboxylic acids is 3. The van der Waals surface area contributed by atoms with Crippen molar-refractivity contribution in [3.05, 3.63) is 24.3 Å². The SMILES string of the molecule is CCCCC/C=C\C=C\C(=O)CCCCCCCC(=O)O[C@@H](CO)COC(=O)CCCCCCCCCCCCCCCC. The van der Waals surface area contributed by atoms with E-state index in [1.54, 1.807) is 6.08 Å². The van der Waals surface area contributed by atoms with Crippen molar-refractivity contribution in [1.29, 1.82) is 0 Å². The molecule has 0 spiro atoms. The van der Waals surface area contributed by atoms with Crippen LogP contribution in [0.2, 0.25) is 0 Å². The van der Waals surface area contributed by atoms with Crippen LogP contribution in [0.4, 0.5) is 0 Å². The molecule has 0 aliphatic heterocycles. The smallest absolute Gasteiger partial charge is 0.306 e. The van der Waals surface area contributed by atoms with Gasteiger partial charge in [-0.25, -0.2) is 0 Å². The Morgan fingerprint density at radius 1 is 0.568 bits per heavy atom. The molecule has 0 rings (SSSR count). The topological polar surface area (TPSA) is 89.9 Å². The quantitative estimate of drug-likeness (QED) is 0.0340. The summed E-state index contributed by atoms with van der Waals surface area (Å²) in [5, 5.41) is 9.52. The van der Waals surface area contributed by atoms with Gasteiger partial charge in [-0.15, -0.1) is 0 Å². The van der Waals surface area contributed by atoms with Crippen molar-refractivity contribution in [1.82, 2.24) is 0 Å². The lowest BCUT2D eigenvalue weighted by Gasteiger charge is -2.15. The minimum atomic E-state index is -0.812. The van der Waals surface area contributed by atoms with Crippen LogP contribution >= 0.6 is 0 Å². The van der Waals surface area contributed by atoms with Crippen LogP contribution < -0.4 is 0 Å². The highest BCUT2D eigenvalue weighted by molar-refractivity contribution is 5.89. The summed E-state index contributed by atoms with van der Waals surface area (Å²) in [5.41, 5.74) is 0. The number of carbonyl (C=O) groups is 3. The maximum atomic E-state index is 12.1. The van der Waals surface area contributed by atoms with E-state index in [1.807, 2.05) is 12.2 Å². The van der Waals surface area contributed by atoms with Crippen LogP contribution in [0.1, 0.15) is 181 Å². The number of esters is 2. The Morgan fingerprint density at radius 3 is 1.55 bits per heavy atom. The van der Waals surface area contributed by atoms with E-state index in [0.717, 1.165) is 51.4 Å². The van der Waals surface area contributed by atoms with E-state index in [4.69, 9.17) is 9.47 Å². The summed E-state index contributed by atoms with van der Waals surface area (Å²) in [6, 6.07) is 0. The Bertz CT molecular complexity index is 729. The molecule has 0 heterocycles.